The highest BCUT2D eigenvalue weighted by Gasteiger charge is 2.27. The fourth-order valence-corrected chi connectivity index (χ4v) is 4.46. The zero-order valence-corrected chi connectivity index (χ0v) is 17.0. The molecule has 27 heavy (non-hydrogen) atoms. The number of aryl methyl sites for hydroxylation is 1. The van der Waals surface area contributed by atoms with Gasteiger partial charge in [0.05, 0.1) is 0 Å². The number of hydrogen-bond acceptors (Lipinski definition) is 3. The zero-order chi connectivity index (χ0) is 19.4. The molecule has 2 amide bonds. The van der Waals surface area contributed by atoms with Gasteiger partial charge < -0.3 is 14.7 Å². The van der Waals surface area contributed by atoms with E-state index in [1.54, 1.807) is 6.92 Å². The molecule has 0 bridgehead atoms. The molecule has 0 N–H and O–H groups in total. The first-order chi connectivity index (χ1) is 13.0. The molecule has 2 fully saturated rings. The van der Waals surface area contributed by atoms with Gasteiger partial charge in [0.1, 0.15) is 0 Å². The van der Waals surface area contributed by atoms with E-state index in [0.29, 0.717) is 19.0 Å². The molecule has 1 aromatic rings. The van der Waals surface area contributed by atoms with Crippen LogP contribution in [0.4, 0.5) is 5.69 Å². The van der Waals surface area contributed by atoms with Gasteiger partial charge in [0.15, 0.2) is 0 Å². The van der Waals surface area contributed by atoms with Crippen LogP contribution in [-0.4, -0.2) is 60.4 Å². The van der Waals surface area contributed by atoms with Crippen molar-refractivity contribution in [3.05, 3.63) is 29.3 Å². The van der Waals surface area contributed by atoms with Gasteiger partial charge in [0, 0.05) is 57.8 Å². The first-order valence-electron chi connectivity index (χ1n) is 10.3. The first kappa shape index (κ1) is 19.7. The maximum absolute atomic E-state index is 12.7. The lowest BCUT2D eigenvalue weighted by Crippen LogP contribution is -2.50. The summed E-state index contributed by atoms with van der Waals surface area (Å²) in [5.74, 6) is 0.286. The standard InChI is InChI=1S/C22H33N3O2/c1-17-7-6-10-21(18(17)2)23-13-15-24(16-14-23)22(27)11-12-25(19(3)26)20-8-4-5-9-20/h6-7,10,20H,4-5,8-9,11-16H2,1-3H3. The molecule has 1 aliphatic carbocycles. The fourth-order valence-electron chi connectivity index (χ4n) is 4.46. The molecule has 3 rings (SSSR count). The Morgan fingerprint density at radius 1 is 1.07 bits per heavy atom. The van der Waals surface area contributed by atoms with Crippen LogP contribution < -0.4 is 4.90 Å². The number of carbonyl (C=O) groups is 2. The van der Waals surface area contributed by atoms with Crippen molar-refractivity contribution in [1.82, 2.24) is 9.80 Å². The summed E-state index contributed by atoms with van der Waals surface area (Å²) in [6.45, 7) is 9.77. The van der Waals surface area contributed by atoms with Gasteiger partial charge in [-0.2, -0.15) is 0 Å². The summed E-state index contributed by atoms with van der Waals surface area (Å²) in [5.41, 5.74) is 3.92. The Bertz CT molecular complexity index is 674. The normalized spacial score (nSPS) is 18.0. The minimum Gasteiger partial charge on any atom is -0.368 e. The van der Waals surface area contributed by atoms with E-state index in [4.69, 9.17) is 0 Å². The van der Waals surface area contributed by atoms with E-state index in [1.165, 1.54) is 29.7 Å². The summed E-state index contributed by atoms with van der Waals surface area (Å²) in [6, 6.07) is 6.77. The third-order valence-electron chi connectivity index (χ3n) is 6.29. The molecular formula is C22H33N3O2. The van der Waals surface area contributed by atoms with Crippen LogP contribution in [0.2, 0.25) is 0 Å². The molecule has 0 unspecified atom stereocenters. The average Bonchev–Trinajstić information content (AvgIpc) is 3.18. The lowest BCUT2D eigenvalue weighted by molar-refractivity contribution is -0.134. The van der Waals surface area contributed by atoms with Crippen molar-refractivity contribution < 1.29 is 9.59 Å². The SMILES string of the molecule is CC(=O)N(CCC(=O)N1CCN(c2cccc(C)c2C)CC1)C1CCCC1. The summed E-state index contributed by atoms with van der Waals surface area (Å²) >= 11 is 0. The van der Waals surface area contributed by atoms with E-state index in [0.717, 1.165) is 39.0 Å². The highest BCUT2D eigenvalue weighted by atomic mass is 16.2. The second-order valence-electron chi connectivity index (χ2n) is 7.99. The monoisotopic (exact) mass is 371 g/mol. The number of anilines is 1. The van der Waals surface area contributed by atoms with Gasteiger partial charge in [-0.3, -0.25) is 9.59 Å². The molecule has 148 valence electrons. The van der Waals surface area contributed by atoms with Crippen molar-refractivity contribution >= 4 is 17.5 Å². The molecule has 1 aromatic carbocycles. The second kappa shape index (κ2) is 8.77. The average molecular weight is 372 g/mol. The predicted octanol–water partition coefficient (Wildman–Crippen LogP) is 3.13. The van der Waals surface area contributed by atoms with E-state index in [2.05, 4.69) is 36.9 Å². The zero-order valence-electron chi connectivity index (χ0n) is 17.0. The van der Waals surface area contributed by atoms with Crippen LogP contribution in [0.1, 0.15) is 50.2 Å². The van der Waals surface area contributed by atoms with Gasteiger partial charge in [-0.1, -0.05) is 25.0 Å². The second-order valence-corrected chi connectivity index (χ2v) is 7.99. The van der Waals surface area contributed by atoms with Gasteiger partial charge >= 0.3 is 0 Å². The molecule has 5 nitrogen and oxygen atoms in total. The molecule has 0 radical (unpaired) electrons. The Morgan fingerprint density at radius 2 is 1.74 bits per heavy atom. The highest BCUT2D eigenvalue weighted by molar-refractivity contribution is 5.78. The largest absolute Gasteiger partial charge is 0.368 e. The van der Waals surface area contributed by atoms with Gasteiger partial charge in [-0.05, 0) is 43.9 Å². The summed E-state index contributed by atoms with van der Waals surface area (Å²) in [5, 5.41) is 0. The third-order valence-corrected chi connectivity index (χ3v) is 6.29. The third kappa shape index (κ3) is 4.63. The Kier molecular flexibility index (Phi) is 6.40. The Labute approximate surface area is 163 Å². The van der Waals surface area contributed by atoms with E-state index < -0.39 is 0 Å². The van der Waals surface area contributed by atoms with Crippen molar-refractivity contribution in [2.45, 2.75) is 58.9 Å². The molecule has 0 atom stereocenters. The molecule has 1 saturated carbocycles. The number of rotatable bonds is 5. The van der Waals surface area contributed by atoms with Crippen LogP contribution in [0, 0.1) is 13.8 Å². The number of carbonyl (C=O) groups excluding carboxylic acids is 2. The Balaban J connectivity index is 1.51. The summed E-state index contributed by atoms with van der Waals surface area (Å²) in [7, 11) is 0. The van der Waals surface area contributed by atoms with Gasteiger partial charge in [0.2, 0.25) is 11.8 Å². The maximum atomic E-state index is 12.7. The topological polar surface area (TPSA) is 43.9 Å². The summed E-state index contributed by atoms with van der Waals surface area (Å²) < 4.78 is 0. The summed E-state index contributed by atoms with van der Waals surface area (Å²) in [6.07, 6.45) is 5.01. The number of benzene rings is 1. The predicted molar refractivity (Wildman–Crippen MR) is 109 cm³/mol. The van der Waals surface area contributed by atoms with Gasteiger partial charge in [-0.25, -0.2) is 0 Å². The Morgan fingerprint density at radius 3 is 2.37 bits per heavy atom. The number of nitrogens with zero attached hydrogens (tertiary/aromatic N) is 3. The quantitative estimate of drug-likeness (QED) is 0.799. The Hall–Kier alpha value is -2.04. The van der Waals surface area contributed by atoms with Crippen LogP contribution in [0.15, 0.2) is 18.2 Å². The highest BCUT2D eigenvalue weighted by Crippen LogP contribution is 2.25. The van der Waals surface area contributed by atoms with E-state index in [-0.39, 0.29) is 11.8 Å². The number of amides is 2. The van der Waals surface area contributed by atoms with E-state index >= 15 is 0 Å². The van der Waals surface area contributed by atoms with Gasteiger partial charge in [0.25, 0.3) is 0 Å². The van der Waals surface area contributed by atoms with Crippen LogP contribution in [0.25, 0.3) is 0 Å². The van der Waals surface area contributed by atoms with Crippen LogP contribution in [0.5, 0.6) is 0 Å². The van der Waals surface area contributed by atoms with E-state index in [1.807, 2.05) is 9.80 Å². The molecule has 0 aromatic heterocycles. The molecule has 1 saturated heterocycles. The molecule has 1 aliphatic heterocycles. The molecule has 5 heteroatoms. The van der Waals surface area contributed by atoms with Crippen LogP contribution >= 0.6 is 0 Å². The smallest absolute Gasteiger partial charge is 0.224 e. The van der Waals surface area contributed by atoms with E-state index in [9.17, 15) is 9.59 Å². The van der Waals surface area contributed by atoms with Gasteiger partial charge in [-0.15, -0.1) is 0 Å². The van der Waals surface area contributed by atoms with Crippen molar-refractivity contribution in [2.24, 2.45) is 0 Å². The minimum absolute atomic E-state index is 0.106. The maximum Gasteiger partial charge on any atom is 0.224 e. The summed E-state index contributed by atoms with van der Waals surface area (Å²) in [4.78, 5) is 30.9. The molecular weight excluding hydrogens is 338 g/mol. The van der Waals surface area contributed by atoms with Crippen molar-refractivity contribution in [3.8, 4) is 0 Å². The lowest BCUT2D eigenvalue weighted by Gasteiger charge is -2.37. The van der Waals surface area contributed by atoms with Crippen LogP contribution in [0.3, 0.4) is 0 Å². The first-order valence-corrected chi connectivity index (χ1v) is 10.3. The molecule has 1 heterocycles. The van der Waals surface area contributed by atoms with Crippen molar-refractivity contribution in [3.63, 3.8) is 0 Å². The number of piperazine rings is 1. The van der Waals surface area contributed by atoms with Crippen LogP contribution in [-0.2, 0) is 9.59 Å². The lowest BCUT2D eigenvalue weighted by atomic mass is 10.1. The fraction of sp³-hybridized carbons (Fsp3) is 0.636. The minimum atomic E-state index is 0.106. The molecule has 2 aliphatic rings. The number of hydrogen-bond donors (Lipinski definition) is 0. The molecule has 0 spiro atoms. The van der Waals surface area contributed by atoms with Crippen molar-refractivity contribution in [2.75, 3.05) is 37.6 Å². The van der Waals surface area contributed by atoms with Crippen molar-refractivity contribution in [1.29, 1.82) is 0 Å².